The van der Waals surface area contributed by atoms with Crippen LogP contribution in [0, 0.1) is 0 Å². The third-order valence-electron chi connectivity index (χ3n) is 3.48. The fourth-order valence-electron chi connectivity index (χ4n) is 2.35. The Morgan fingerprint density at radius 2 is 1.83 bits per heavy atom. The lowest BCUT2D eigenvalue weighted by Gasteiger charge is -2.21. The van der Waals surface area contributed by atoms with Crippen LogP contribution in [0.5, 0.6) is 0 Å². The fourth-order valence-corrected chi connectivity index (χ4v) is 2.54. The van der Waals surface area contributed by atoms with Crippen molar-refractivity contribution in [3.8, 4) is 0 Å². The molecule has 0 aromatic heterocycles. The van der Waals surface area contributed by atoms with Gasteiger partial charge < -0.3 is 11.1 Å². The molecule has 24 heavy (non-hydrogen) atoms. The minimum Gasteiger partial charge on any atom is -0.329 e. The number of carbonyl (C=O) groups is 1. The number of anilines is 1. The van der Waals surface area contributed by atoms with Gasteiger partial charge in [0.25, 0.3) is 0 Å². The molecule has 0 aliphatic carbocycles. The molecule has 0 fully saturated rings. The molecule has 0 spiro atoms. The maximum atomic E-state index is 12.2. The topological polar surface area (TPSA) is 58.4 Å². The van der Waals surface area contributed by atoms with Crippen LogP contribution >= 0.6 is 24.0 Å². The molecule has 3 N–H and O–H groups in total. The van der Waals surface area contributed by atoms with E-state index in [0.717, 1.165) is 13.0 Å². The zero-order valence-corrected chi connectivity index (χ0v) is 15.0. The number of nitrogens with one attached hydrogen (secondary N) is 1. The van der Waals surface area contributed by atoms with Gasteiger partial charge in [0.1, 0.15) is 0 Å². The van der Waals surface area contributed by atoms with Crippen LogP contribution in [0.4, 0.5) is 5.69 Å². The first kappa shape index (κ1) is 20.5. The molecule has 130 valence electrons. The average Bonchev–Trinajstić information content (AvgIpc) is 2.54. The number of amides is 1. The van der Waals surface area contributed by atoms with Crippen LogP contribution in [0.25, 0.3) is 0 Å². The van der Waals surface area contributed by atoms with Gasteiger partial charge in [0.2, 0.25) is 5.91 Å². The highest BCUT2D eigenvalue weighted by molar-refractivity contribution is 6.30. The van der Waals surface area contributed by atoms with Gasteiger partial charge in [-0.1, -0.05) is 48.0 Å². The normalized spacial score (nSPS) is 10.3. The van der Waals surface area contributed by atoms with Crippen molar-refractivity contribution in [2.75, 3.05) is 31.5 Å². The highest BCUT2D eigenvalue weighted by atomic mass is 35.5. The van der Waals surface area contributed by atoms with Crippen molar-refractivity contribution < 1.29 is 4.79 Å². The summed E-state index contributed by atoms with van der Waals surface area (Å²) in [5.41, 5.74) is 7.62. The first-order chi connectivity index (χ1) is 11.2. The van der Waals surface area contributed by atoms with E-state index in [4.69, 9.17) is 17.3 Å². The van der Waals surface area contributed by atoms with Crippen molar-refractivity contribution in [3.63, 3.8) is 0 Å². The first-order valence-electron chi connectivity index (χ1n) is 7.69. The second kappa shape index (κ2) is 11.0. The molecule has 2 aromatic carbocycles. The van der Waals surface area contributed by atoms with E-state index in [2.05, 4.69) is 22.3 Å². The summed E-state index contributed by atoms with van der Waals surface area (Å²) >= 11 is 5.92. The van der Waals surface area contributed by atoms with Crippen LogP contribution < -0.4 is 11.1 Å². The molecule has 0 saturated carbocycles. The van der Waals surface area contributed by atoms with E-state index in [1.165, 1.54) is 5.56 Å². The molecule has 0 radical (unpaired) electrons. The van der Waals surface area contributed by atoms with E-state index in [1.807, 2.05) is 30.3 Å². The molecule has 0 atom stereocenters. The monoisotopic (exact) mass is 367 g/mol. The summed E-state index contributed by atoms with van der Waals surface area (Å²) in [7, 11) is 0. The van der Waals surface area contributed by atoms with Crippen LogP contribution in [-0.2, 0) is 11.2 Å². The predicted molar refractivity (Wildman–Crippen MR) is 103 cm³/mol. The van der Waals surface area contributed by atoms with Crippen molar-refractivity contribution in [2.24, 2.45) is 5.73 Å². The SMILES string of the molecule is Cl.NCCN(CCc1ccccc1)CC(=O)Nc1cccc(Cl)c1. The maximum absolute atomic E-state index is 12.2. The molecule has 0 unspecified atom stereocenters. The maximum Gasteiger partial charge on any atom is 0.238 e. The summed E-state index contributed by atoms with van der Waals surface area (Å²) in [6.07, 6.45) is 0.894. The zero-order valence-electron chi connectivity index (χ0n) is 13.5. The van der Waals surface area contributed by atoms with Crippen LogP contribution in [0.3, 0.4) is 0 Å². The Kier molecular flexibility index (Phi) is 9.42. The lowest BCUT2D eigenvalue weighted by Crippen LogP contribution is -2.37. The summed E-state index contributed by atoms with van der Waals surface area (Å²) in [5.74, 6) is -0.0613. The van der Waals surface area contributed by atoms with E-state index in [9.17, 15) is 4.79 Å². The van der Waals surface area contributed by atoms with Crippen molar-refractivity contribution >= 4 is 35.6 Å². The third kappa shape index (κ3) is 7.32. The number of hydrogen-bond donors (Lipinski definition) is 2. The highest BCUT2D eigenvalue weighted by Gasteiger charge is 2.10. The Labute approximate surface area is 154 Å². The van der Waals surface area contributed by atoms with Gasteiger partial charge in [0.15, 0.2) is 0 Å². The Balaban J connectivity index is 0.00000288. The molecule has 0 aliphatic rings. The van der Waals surface area contributed by atoms with E-state index in [1.54, 1.807) is 12.1 Å². The van der Waals surface area contributed by atoms with Gasteiger partial charge >= 0.3 is 0 Å². The number of rotatable bonds is 8. The van der Waals surface area contributed by atoms with Crippen LogP contribution in [0.1, 0.15) is 5.56 Å². The van der Waals surface area contributed by atoms with E-state index >= 15 is 0 Å². The molecule has 0 saturated heterocycles. The average molecular weight is 368 g/mol. The van der Waals surface area contributed by atoms with E-state index in [0.29, 0.717) is 30.3 Å². The minimum atomic E-state index is -0.0613. The first-order valence-corrected chi connectivity index (χ1v) is 8.07. The largest absolute Gasteiger partial charge is 0.329 e. The molecule has 0 bridgehead atoms. The van der Waals surface area contributed by atoms with Gasteiger partial charge in [-0.05, 0) is 30.2 Å². The van der Waals surface area contributed by atoms with E-state index in [-0.39, 0.29) is 18.3 Å². The van der Waals surface area contributed by atoms with Gasteiger partial charge in [0, 0.05) is 30.3 Å². The molecule has 2 aromatic rings. The number of hydrogen-bond acceptors (Lipinski definition) is 3. The zero-order chi connectivity index (χ0) is 16.5. The molecule has 2 rings (SSSR count). The molecule has 4 nitrogen and oxygen atoms in total. The Morgan fingerprint density at radius 3 is 2.50 bits per heavy atom. The molecular formula is C18H23Cl2N3O. The Morgan fingerprint density at radius 1 is 1.08 bits per heavy atom. The van der Waals surface area contributed by atoms with Crippen molar-refractivity contribution in [2.45, 2.75) is 6.42 Å². The lowest BCUT2D eigenvalue weighted by molar-refractivity contribution is -0.117. The molecular weight excluding hydrogens is 345 g/mol. The second-order valence-corrected chi connectivity index (χ2v) is 5.80. The smallest absolute Gasteiger partial charge is 0.238 e. The summed E-state index contributed by atoms with van der Waals surface area (Å²) < 4.78 is 0. The highest BCUT2D eigenvalue weighted by Crippen LogP contribution is 2.14. The van der Waals surface area contributed by atoms with Crippen molar-refractivity contribution in [1.82, 2.24) is 4.90 Å². The van der Waals surface area contributed by atoms with E-state index < -0.39 is 0 Å². The molecule has 0 heterocycles. The van der Waals surface area contributed by atoms with Crippen molar-refractivity contribution in [1.29, 1.82) is 0 Å². The van der Waals surface area contributed by atoms with Crippen LogP contribution in [0.15, 0.2) is 54.6 Å². The van der Waals surface area contributed by atoms with Crippen LogP contribution in [0.2, 0.25) is 5.02 Å². The fraction of sp³-hybridized carbons (Fsp3) is 0.278. The number of carbonyl (C=O) groups excluding carboxylic acids is 1. The van der Waals surface area contributed by atoms with Gasteiger partial charge in [-0.3, -0.25) is 9.69 Å². The number of halogens is 2. The number of nitrogens with two attached hydrogens (primary N) is 1. The Hall–Kier alpha value is -1.59. The van der Waals surface area contributed by atoms with Crippen LogP contribution in [-0.4, -0.2) is 37.0 Å². The minimum absolute atomic E-state index is 0. The number of benzene rings is 2. The predicted octanol–water partition coefficient (Wildman–Crippen LogP) is 3.20. The molecule has 1 amide bonds. The third-order valence-corrected chi connectivity index (χ3v) is 3.72. The molecule has 0 aliphatic heterocycles. The van der Waals surface area contributed by atoms with Gasteiger partial charge in [-0.2, -0.15) is 0 Å². The summed E-state index contributed by atoms with van der Waals surface area (Å²) in [6.45, 7) is 2.33. The Bertz CT molecular complexity index is 623. The summed E-state index contributed by atoms with van der Waals surface area (Å²) in [5, 5.41) is 3.47. The van der Waals surface area contributed by atoms with Gasteiger partial charge in [0.05, 0.1) is 6.54 Å². The summed E-state index contributed by atoms with van der Waals surface area (Å²) in [6, 6.07) is 17.4. The standard InChI is InChI=1S/C18H22ClN3O.ClH/c19-16-7-4-8-17(13-16)21-18(23)14-22(12-10-20)11-9-15-5-2-1-3-6-15;/h1-8,13H,9-12,14,20H2,(H,21,23);1H. The second-order valence-electron chi connectivity index (χ2n) is 5.36. The summed E-state index contributed by atoms with van der Waals surface area (Å²) in [4.78, 5) is 14.2. The molecule has 6 heteroatoms. The quantitative estimate of drug-likeness (QED) is 0.752. The van der Waals surface area contributed by atoms with Crippen molar-refractivity contribution in [3.05, 3.63) is 65.2 Å². The van der Waals surface area contributed by atoms with Gasteiger partial charge in [-0.25, -0.2) is 0 Å². The lowest BCUT2D eigenvalue weighted by atomic mass is 10.1. The number of nitrogens with zero attached hydrogens (tertiary/aromatic N) is 1. The van der Waals surface area contributed by atoms with Gasteiger partial charge in [-0.15, -0.1) is 12.4 Å².